The molecule has 0 saturated carbocycles. The van der Waals surface area contributed by atoms with Gasteiger partial charge in [0.1, 0.15) is 0 Å². The van der Waals surface area contributed by atoms with Gasteiger partial charge in [-0.3, -0.25) is 4.98 Å². The van der Waals surface area contributed by atoms with E-state index in [1.807, 2.05) is 25.4 Å². The van der Waals surface area contributed by atoms with Gasteiger partial charge in [-0.1, -0.05) is 6.07 Å². The second-order valence-corrected chi connectivity index (χ2v) is 4.22. The molecule has 90 valence electrons. The topological polar surface area (TPSA) is 34.1 Å². The number of hydrogen-bond donors (Lipinski definition) is 1. The molecule has 0 aliphatic rings. The molecule has 0 bridgehead atoms. The predicted octanol–water partition coefficient (Wildman–Crippen LogP) is 2.03. The molecule has 1 rings (SSSR count). The predicted molar refractivity (Wildman–Crippen MR) is 66.5 cm³/mol. The van der Waals surface area contributed by atoms with Gasteiger partial charge in [0.15, 0.2) is 0 Å². The second kappa shape index (κ2) is 7.36. The molecule has 1 unspecified atom stereocenters. The summed E-state index contributed by atoms with van der Waals surface area (Å²) in [6.07, 6.45) is 4.13. The molecule has 1 aromatic rings. The minimum Gasteiger partial charge on any atom is -0.379 e. The molecule has 1 aromatic heterocycles. The van der Waals surface area contributed by atoms with Crippen LogP contribution in [-0.4, -0.2) is 30.8 Å². The van der Waals surface area contributed by atoms with Crippen LogP contribution in [-0.2, 0) is 11.2 Å². The number of ether oxygens (including phenoxy) is 1. The number of pyridine rings is 1. The van der Waals surface area contributed by atoms with Gasteiger partial charge in [-0.25, -0.2) is 0 Å². The van der Waals surface area contributed by atoms with Gasteiger partial charge in [0.25, 0.3) is 0 Å². The van der Waals surface area contributed by atoms with E-state index in [0.717, 1.165) is 25.1 Å². The summed E-state index contributed by atoms with van der Waals surface area (Å²) >= 11 is 0. The first kappa shape index (κ1) is 13.1. The quantitative estimate of drug-likeness (QED) is 0.766. The van der Waals surface area contributed by atoms with E-state index in [4.69, 9.17) is 4.74 Å². The van der Waals surface area contributed by atoms with Crippen molar-refractivity contribution in [3.8, 4) is 0 Å². The van der Waals surface area contributed by atoms with E-state index in [9.17, 15) is 0 Å². The third-order valence-electron chi connectivity index (χ3n) is 2.51. The summed E-state index contributed by atoms with van der Waals surface area (Å²) in [4.78, 5) is 4.33. The van der Waals surface area contributed by atoms with Gasteiger partial charge in [0, 0.05) is 31.0 Å². The van der Waals surface area contributed by atoms with Crippen molar-refractivity contribution in [2.24, 2.45) is 0 Å². The standard InChI is InChI=1S/C13H22N2O/c1-11(2)16-9-7-12(14-3)10-13-6-4-5-8-15-13/h4-6,8,11-12,14H,7,9-10H2,1-3H3. The Morgan fingerprint density at radius 3 is 2.75 bits per heavy atom. The molecule has 1 N–H and O–H groups in total. The Hall–Kier alpha value is -0.930. The van der Waals surface area contributed by atoms with Crippen LogP contribution >= 0.6 is 0 Å². The molecule has 0 aliphatic heterocycles. The first-order valence-corrected chi connectivity index (χ1v) is 5.91. The van der Waals surface area contributed by atoms with Crippen molar-refractivity contribution >= 4 is 0 Å². The fourth-order valence-corrected chi connectivity index (χ4v) is 1.57. The minimum atomic E-state index is 0.312. The van der Waals surface area contributed by atoms with Gasteiger partial charge in [0.2, 0.25) is 0 Å². The Balaban J connectivity index is 2.32. The third kappa shape index (κ3) is 5.24. The van der Waals surface area contributed by atoms with Gasteiger partial charge in [-0.05, 0) is 39.4 Å². The van der Waals surface area contributed by atoms with Gasteiger partial charge >= 0.3 is 0 Å². The smallest absolute Gasteiger partial charge is 0.0518 e. The lowest BCUT2D eigenvalue weighted by atomic mass is 10.1. The highest BCUT2D eigenvalue weighted by Crippen LogP contribution is 2.03. The van der Waals surface area contributed by atoms with E-state index in [0.29, 0.717) is 12.1 Å². The molecule has 0 amide bonds. The molecule has 1 atom stereocenters. The molecule has 0 saturated heterocycles. The number of rotatable bonds is 7. The Morgan fingerprint density at radius 2 is 2.19 bits per heavy atom. The second-order valence-electron chi connectivity index (χ2n) is 4.22. The zero-order chi connectivity index (χ0) is 11.8. The summed E-state index contributed by atoms with van der Waals surface area (Å²) in [5, 5.41) is 3.30. The highest BCUT2D eigenvalue weighted by Gasteiger charge is 2.08. The van der Waals surface area contributed by atoms with Crippen LogP contribution in [0.25, 0.3) is 0 Å². The fraction of sp³-hybridized carbons (Fsp3) is 0.615. The molecule has 16 heavy (non-hydrogen) atoms. The van der Waals surface area contributed by atoms with E-state index in [-0.39, 0.29) is 0 Å². The van der Waals surface area contributed by atoms with E-state index in [2.05, 4.69) is 30.2 Å². The highest BCUT2D eigenvalue weighted by molar-refractivity contribution is 5.05. The van der Waals surface area contributed by atoms with Gasteiger partial charge in [0.05, 0.1) is 6.10 Å². The number of nitrogens with zero attached hydrogens (tertiary/aromatic N) is 1. The van der Waals surface area contributed by atoms with E-state index < -0.39 is 0 Å². The fourth-order valence-electron chi connectivity index (χ4n) is 1.57. The molecule has 0 aromatic carbocycles. The van der Waals surface area contributed by atoms with Gasteiger partial charge < -0.3 is 10.1 Å². The molecule has 0 spiro atoms. The van der Waals surface area contributed by atoms with Crippen molar-refractivity contribution < 1.29 is 4.74 Å². The molecule has 0 fully saturated rings. The molecule has 0 aliphatic carbocycles. The summed E-state index contributed by atoms with van der Waals surface area (Å²) in [6, 6.07) is 6.47. The summed E-state index contributed by atoms with van der Waals surface area (Å²) in [7, 11) is 1.99. The van der Waals surface area contributed by atoms with Crippen LogP contribution in [0.1, 0.15) is 26.0 Å². The van der Waals surface area contributed by atoms with Crippen LogP contribution < -0.4 is 5.32 Å². The van der Waals surface area contributed by atoms with Crippen LogP contribution in [0, 0.1) is 0 Å². The monoisotopic (exact) mass is 222 g/mol. The van der Waals surface area contributed by atoms with Crippen molar-refractivity contribution in [1.29, 1.82) is 0 Å². The van der Waals surface area contributed by atoms with Gasteiger partial charge in [-0.2, -0.15) is 0 Å². The molecule has 1 heterocycles. The van der Waals surface area contributed by atoms with Crippen LogP contribution in [0.15, 0.2) is 24.4 Å². The normalized spacial score (nSPS) is 13.0. The van der Waals surface area contributed by atoms with Crippen molar-refractivity contribution in [2.75, 3.05) is 13.7 Å². The lowest BCUT2D eigenvalue weighted by molar-refractivity contribution is 0.0719. The minimum absolute atomic E-state index is 0.312. The van der Waals surface area contributed by atoms with Crippen LogP contribution in [0.3, 0.4) is 0 Å². The zero-order valence-electron chi connectivity index (χ0n) is 10.4. The number of likely N-dealkylation sites (N-methyl/N-ethyl adjacent to an activating group) is 1. The molecule has 3 nitrogen and oxygen atoms in total. The lowest BCUT2D eigenvalue weighted by Crippen LogP contribution is -2.29. The largest absolute Gasteiger partial charge is 0.379 e. The Kier molecular flexibility index (Phi) is 6.04. The lowest BCUT2D eigenvalue weighted by Gasteiger charge is -2.16. The first-order valence-electron chi connectivity index (χ1n) is 5.91. The van der Waals surface area contributed by atoms with E-state index >= 15 is 0 Å². The first-order chi connectivity index (χ1) is 7.72. The maximum Gasteiger partial charge on any atom is 0.0518 e. The summed E-state index contributed by atoms with van der Waals surface area (Å²) < 4.78 is 5.55. The Morgan fingerprint density at radius 1 is 1.38 bits per heavy atom. The van der Waals surface area contributed by atoms with Crippen molar-refractivity contribution in [1.82, 2.24) is 10.3 Å². The summed E-state index contributed by atoms with van der Waals surface area (Å²) in [5.41, 5.74) is 1.13. The molecule has 0 radical (unpaired) electrons. The number of aromatic nitrogens is 1. The van der Waals surface area contributed by atoms with Gasteiger partial charge in [-0.15, -0.1) is 0 Å². The SMILES string of the molecule is CNC(CCOC(C)C)Cc1ccccn1. The van der Waals surface area contributed by atoms with Crippen molar-refractivity contribution in [3.63, 3.8) is 0 Å². The van der Waals surface area contributed by atoms with E-state index in [1.165, 1.54) is 0 Å². The Bertz CT molecular complexity index is 275. The summed E-state index contributed by atoms with van der Waals surface area (Å²) in [6.45, 7) is 4.93. The molecular weight excluding hydrogens is 200 g/mol. The van der Waals surface area contributed by atoms with Crippen LogP contribution in [0.2, 0.25) is 0 Å². The highest BCUT2D eigenvalue weighted by atomic mass is 16.5. The average molecular weight is 222 g/mol. The van der Waals surface area contributed by atoms with Crippen molar-refractivity contribution in [2.45, 2.75) is 38.8 Å². The van der Waals surface area contributed by atoms with Crippen LogP contribution in [0.4, 0.5) is 0 Å². The maximum atomic E-state index is 5.55. The Labute approximate surface area is 98.2 Å². The van der Waals surface area contributed by atoms with E-state index in [1.54, 1.807) is 0 Å². The summed E-state index contributed by atoms with van der Waals surface area (Å²) in [5.74, 6) is 0. The van der Waals surface area contributed by atoms with Crippen LogP contribution in [0.5, 0.6) is 0 Å². The number of hydrogen-bond acceptors (Lipinski definition) is 3. The average Bonchev–Trinajstić information content (AvgIpc) is 2.28. The number of nitrogens with one attached hydrogen (secondary N) is 1. The maximum absolute atomic E-state index is 5.55. The molecule has 3 heteroatoms. The molecular formula is C13H22N2O. The third-order valence-corrected chi connectivity index (χ3v) is 2.51. The van der Waals surface area contributed by atoms with Crippen molar-refractivity contribution in [3.05, 3.63) is 30.1 Å². The zero-order valence-corrected chi connectivity index (χ0v) is 10.4.